The lowest BCUT2D eigenvalue weighted by Crippen LogP contribution is -2.02. The molecular weight excluding hydrogens is 232 g/mol. The summed E-state index contributed by atoms with van der Waals surface area (Å²) >= 11 is 0. The Hall–Kier alpha value is -1.29. The molecule has 1 aromatic heterocycles. The molecule has 0 aromatic carbocycles. The third-order valence-electron chi connectivity index (χ3n) is 4.39. The van der Waals surface area contributed by atoms with Gasteiger partial charge in [-0.15, -0.1) is 0 Å². The van der Waals surface area contributed by atoms with Crippen LogP contribution in [0, 0.1) is 17.8 Å². The molecule has 0 saturated heterocycles. The third kappa shape index (κ3) is 1.85. The van der Waals surface area contributed by atoms with Gasteiger partial charge in [-0.1, -0.05) is 12.8 Å². The van der Waals surface area contributed by atoms with Crippen LogP contribution < -0.4 is 0 Å². The van der Waals surface area contributed by atoms with E-state index in [9.17, 15) is 9.90 Å². The number of aliphatic hydroxyl groups excluding tert-OH is 1. The fourth-order valence-corrected chi connectivity index (χ4v) is 3.43. The molecule has 1 heterocycles. The van der Waals surface area contributed by atoms with Crippen molar-refractivity contribution in [1.82, 2.24) is 0 Å². The number of fused-ring (bicyclic) bond motifs is 1. The molecule has 0 bridgehead atoms. The fraction of sp³-hybridized carbons (Fsp3) is 0.643. The van der Waals surface area contributed by atoms with Gasteiger partial charge < -0.3 is 14.3 Å². The summed E-state index contributed by atoms with van der Waals surface area (Å²) in [5.74, 6) is 1.79. The maximum absolute atomic E-state index is 11.3. The van der Waals surface area contributed by atoms with Gasteiger partial charge in [-0.25, -0.2) is 4.79 Å². The minimum Gasteiger partial charge on any atom is -0.463 e. The average molecular weight is 250 g/mol. The second-order valence-corrected chi connectivity index (χ2v) is 5.33. The molecule has 4 heteroatoms. The number of furan rings is 1. The number of rotatable bonds is 3. The SMILES string of the molecule is COC(=O)c1ccc(C(O)C2C3CCCCC32)o1. The molecule has 2 aliphatic rings. The molecule has 0 aliphatic heterocycles. The van der Waals surface area contributed by atoms with Crippen LogP contribution in [0.3, 0.4) is 0 Å². The predicted octanol–water partition coefficient (Wildman–Crippen LogP) is 2.54. The zero-order valence-corrected chi connectivity index (χ0v) is 10.5. The maximum atomic E-state index is 11.3. The topological polar surface area (TPSA) is 59.7 Å². The summed E-state index contributed by atoms with van der Waals surface area (Å²) in [5.41, 5.74) is 0. The van der Waals surface area contributed by atoms with E-state index in [1.807, 2.05) is 0 Å². The van der Waals surface area contributed by atoms with Crippen molar-refractivity contribution in [3.63, 3.8) is 0 Å². The Morgan fingerprint density at radius 1 is 1.39 bits per heavy atom. The highest BCUT2D eigenvalue weighted by atomic mass is 16.5. The number of aliphatic hydroxyl groups is 1. The molecule has 98 valence electrons. The van der Waals surface area contributed by atoms with E-state index >= 15 is 0 Å². The Morgan fingerprint density at radius 3 is 2.67 bits per heavy atom. The van der Waals surface area contributed by atoms with Crippen molar-refractivity contribution in [2.24, 2.45) is 17.8 Å². The fourth-order valence-electron chi connectivity index (χ4n) is 3.43. The van der Waals surface area contributed by atoms with E-state index in [4.69, 9.17) is 4.42 Å². The summed E-state index contributed by atoms with van der Waals surface area (Å²) in [7, 11) is 1.32. The van der Waals surface area contributed by atoms with Crippen LogP contribution in [0.25, 0.3) is 0 Å². The quantitative estimate of drug-likeness (QED) is 0.837. The van der Waals surface area contributed by atoms with E-state index in [0.29, 0.717) is 23.5 Å². The maximum Gasteiger partial charge on any atom is 0.373 e. The number of carbonyl (C=O) groups excluding carboxylic acids is 1. The molecule has 18 heavy (non-hydrogen) atoms. The molecule has 4 nitrogen and oxygen atoms in total. The minimum atomic E-state index is -0.573. The monoisotopic (exact) mass is 250 g/mol. The predicted molar refractivity (Wildman–Crippen MR) is 63.9 cm³/mol. The van der Waals surface area contributed by atoms with E-state index in [-0.39, 0.29) is 5.76 Å². The van der Waals surface area contributed by atoms with Gasteiger partial charge in [-0.05, 0) is 42.7 Å². The molecule has 1 N–H and O–H groups in total. The lowest BCUT2D eigenvalue weighted by Gasteiger charge is -2.06. The zero-order chi connectivity index (χ0) is 12.7. The summed E-state index contributed by atoms with van der Waals surface area (Å²) in [5, 5.41) is 10.3. The largest absolute Gasteiger partial charge is 0.463 e. The summed E-state index contributed by atoms with van der Waals surface area (Å²) in [6.07, 6.45) is 4.41. The van der Waals surface area contributed by atoms with Crippen LogP contribution in [0.2, 0.25) is 0 Å². The summed E-state index contributed by atoms with van der Waals surface area (Å²) < 4.78 is 9.97. The molecular formula is C14H18O4. The van der Waals surface area contributed by atoms with E-state index < -0.39 is 12.1 Å². The van der Waals surface area contributed by atoms with Crippen molar-refractivity contribution in [3.05, 3.63) is 23.7 Å². The molecule has 0 spiro atoms. The average Bonchev–Trinajstić information content (AvgIpc) is 2.92. The summed E-state index contributed by atoms with van der Waals surface area (Å²) in [6, 6.07) is 3.25. The zero-order valence-electron chi connectivity index (χ0n) is 10.5. The van der Waals surface area contributed by atoms with Crippen LogP contribution in [0.4, 0.5) is 0 Å². The van der Waals surface area contributed by atoms with Gasteiger partial charge >= 0.3 is 5.97 Å². The van der Waals surface area contributed by atoms with E-state index in [2.05, 4.69) is 4.74 Å². The van der Waals surface area contributed by atoms with E-state index in [1.54, 1.807) is 12.1 Å². The normalized spacial score (nSPS) is 31.6. The van der Waals surface area contributed by atoms with Crippen molar-refractivity contribution in [2.45, 2.75) is 31.8 Å². The van der Waals surface area contributed by atoms with Crippen LogP contribution in [-0.2, 0) is 4.74 Å². The van der Waals surface area contributed by atoms with Crippen molar-refractivity contribution in [3.8, 4) is 0 Å². The summed E-state index contributed by atoms with van der Waals surface area (Å²) in [4.78, 5) is 11.3. The molecule has 0 radical (unpaired) electrons. The number of esters is 1. The van der Waals surface area contributed by atoms with Crippen molar-refractivity contribution >= 4 is 5.97 Å². The van der Waals surface area contributed by atoms with Gasteiger partial charge in [-0.3, -0.25) is 0 Å². The Kier molecular flexibility index (Phi) is 2.90. The summed E-state index contributed by atoms with van der Waals surface area (Å²) in [6.45, 7) is 0. The van der Waals surface area contributed by atoms with Gasteiger partial charge in [0.2, 0.25) is 5.76 Å². The molecule has 0 amide bonds. The first-order chi connectivity index (χ1) is 8.72. The first-order valence-electron chi connectivity index (χ1n) is 6.58. The van der Waals surface area contributed by atoms with Crippen LogP contribution in [-0.4, -0.2) is 18.2 Å². The van der Waals surface area contributed by atoms with Crippen LogP contribution in [0.1, 0.15) is 48.1 Å². The van der Waals surface area contributed by atoms with Gasteiger partial charge in [0.05, 0.1) is 7.11 Å². The second kappa shape index (κ2) is 4.43. The van der Waals surface area contributed by atoms with Gasteiger partial charge in [-0.2, -0.15) is 0 Å². The number of ether oxygens (including phenoxy) is 1. The van der Waals surface area contributed by atoms with Crippen LogP contribution in [0.15, 0.2) is 16.5 Å². The first-order valence-corrected chi connectivity index (χ1v) is 6.58. The molecule has 3 atom stereocenters. The lowest BCUT2D eigenvalue weighted by molar-refractivity contribution is 0.0549. The molecule has 2 fully saturated rings. The second-order valence-electron chi connectivity index (χ2n) is 5.33. The lowest BCUT2D eigenvalue weighted by atomic mass is 10.0. The van der Waals surface area contributed by atoms with Crippen LogP contribution >= 0.6 is 0 Å². The smallest absolute Gasteiger partial charge is 0.373 e. The Bertz CT molecular complexity index is 438. The highest BCUT2D eigenvalue weighted by Gasteiger charge is 2.54. The van der Waals surface area contributed by atoms with Crippen molar-refractivity contribution in [1.29, 1.82) is 0 Å². The first kappa shape index (κ1) is 11.8. The molecule has 3 rings (SSSR count). The number of carbonyl (C=O) groups is 1. The highest BCUT2D eigenvalue weighted by molar-refractivity contribution is 5.86. The minimum absolute atomic E-state index is 0.162. The molecule has 2 saturated carbocycles. The van der Waals surface area contributed by atoms with Gasteiger partial charge in [0, 0.05) is 0 Å². The number of methoxy groups -OCH3 is 1. The highest BCUT2D eigenvalue weighted by Crippen LogP contribution is 2.60. The van der Waals surface area contributed by atoms with Gasteiger partial charge in [0.25, 0.3) is 0 Å². The van der Waals surface area contributed by atoms with Gasteiger partial charge in [0.1, 0.15) is 11.9 Å². The van der Waals surface area contributed by atoms with Crippen molar-refractivity contribution < 1.29 is 19.1 Å². The number of hydrogen-bond acceptors (Lipinski definition) is 4. The Balaban J connectivity index is 1.71. The molecule has 1 aromatic rings. The standard InChI is InChI=1S/C14H18O4/c1-17-14(16)11-7-6-10(18-11)13(15)12-8-4-2-3-5-9(8)12/h6-9,12-13,15H,2-5H2,1H3. The molecule has 3 unspecified atom stereocenters. The van der Waals surface area contributed by atoms with E-state index in [0.717, 1.165) is 0 Å². The number of hydrogen-bond donors (Lipinski definition) is 1. The van der Waals surface area contributed by atoms with Crippen LogP contribution in [0.5, 0.6) is 0 Å². The molecule has 2 aliphatic carbocycles. The van der Waals surface area contributed by atoms with Crippen molar-refractivity contribution in [2.75, 3.05) is 7.11 Å². The third-order valence-corrected chi connectivity index (χ3v) is 4.39. The Labute approximate surface area is 106 Å². The van der Waals surface area contributed by atoms with Gasteiger partial charge in [0.15, 0.2) is 0 Å². The Morgan fingerprint density at radius 2 is 2.06 bits per heavy atom. The van der Waals surface area contributed by atoms with E-state index in [1.165, 1.54) is 32.8 Å².